The summed E-state index contributed by atoms with van der Waals surface area (Å²) < 4.78 is 44.6. The zero-order valence-corrected chi connectivity index (χ0v) is 30.2. The van der Waals surface area contributed by atoms with Gasteiger partial charge in [-0.2, -0.15) is 0 Å². The Morgan fingerprint density at radius 3 is 1.65 bits per heavy atom. The van der Waals surface area contributed by atoms with E-state index < -0.39 is 129 Å². The molecule has 0 aromatic carbocycles. The summed E-state index contributed by atoms with van der Waals surface area (Å²) in [6, 6.07) is -4.30. The van der Waals surface area contributed by atoms with E-state index in [-0.39, 0.29) is 32.3 Å². The lowest BCUT2D eigenvalue weighted by atomic mass is 9.84. The molecule has 4 fully saturated rings. The van der Waals surface area contributed by atoms with E-state index in [9.17, 15) is 40.9 Å². The molecule has 3 saturated heterocycles. The van der Waals surface area contributed by atoms with Crippen molar-refractivity contribution in [3.63, 3.8) is 0 Å². The van der Waals surface area contributed by atoms with E-state index in [0.717, 1.165) is 6.42 Å². The van der Waals surface area contributed by atoms with Crippen LogP contribution in [0.5, 0.6) is 0 Å². The summed E-state index contributed by atoms with van der Waals surface area (Å²) in [5.41, 5.74) is 29.9. The maximum atomic E-state index is 11.1. The fraction of sp³-hybridized carbons (Fsp3) is 1.00. The van der Waals surface area contributed by atoms with Crippen LogP contribution in [0.1, 0.15) is 19.8 Å². The van der Waals surface area contributed by atoms with Crippen LogP contribution in [0.15, 0.2) is 0 Å². The van der Waals surface area contributed by atoms with E-state index >= 15 is 0 Å². The van der Waals surface area contributed by atoms with Crippen molar-refractivity contribution in [3.05, 3.63) is 0 Å². The molecule has 1 saturated carbocycles. The van der Waals surface area contributed by atoms with E-state index in [0.29, 0.717) is 19.8 Å². The van der Waals surface area contributed by atoms with Crippen LogP contribution in [0.2, 0.25) is 0 Å². The fourth-order valence-electron chi connectivity index (χ4n) is 6.45. The highest BCUT2D eigenvalue weighted by Gasteiger charge is 2.54. The minimum absolute atomic E-state index is 0.0574. The first-order chi connectivity index (χ1) is 25.6. The molecular formula is C31H63N5O18. The van der Waals surface area contributed by atoms with Gasteiger partial charge in [0.2, 0.25) is 0 Å². The third-order valence-corrected chi connectivity index (χ3v) is 9.72. The molecule has 20 atom stereocenters. The molecule has 1 aliphatic carbocycles. The summed E-state index contributed by atoms with van der Waals surface area (Å²) in [6.07, 6.45) is -19.6. The molecule has 3 heterocycles. The van der Waals surface area contributed by atoms with Crippen molar-refractivity contribution in [2.24, 2.45) is 28.7 Å². The van der Waals surface area contributed by atoms with Gasteiger partial charge in [-0.15, -0.1) is 0 Å². The van der Waals surface area contributed by atoms with Gasteiger partial charge in [-0.25, -0.2) is 0 Å². The number of nitrogens with two attached hydrogens (primary N) is 5. The summed E-state index contributed by atoms with van der Waals surface area (Å²) in [5.74, 6) is 0. The van der Waals surface area contributed by atoms with E-state index in [1.54, 1.807) is 0 Å². The van der Waals surface area contributed by atoms with Crippen LogP contribution in [-0.2, 0) is 37.9 Å². The number of hydrogen-bond donors (Lipinski definition) is 15. The van der Waals surface area contributed by atoms with Gasteiger partial charge in [0.25, 0.3) is 0 Å². The normalized spacial score (nSPS) is 44.8. The van der Waals surface area contributed by atoms with Crippen LogP contribution in [-0.4, -0.2) is 226 Å². The highest BCUT2D eigenvalue weighted by Crippen LogP contribution is 2.34. The standard InChI is InChI=1S/C23H45N5O14.C8H18O4/c24-2-7-13(32)15(34)10(27)21(37-7)41-19-9(4-30)39-23(17(19)36)42-20-12(31)5(25)1-6(26)18(20)40-22-11(28)16(35)14(33)8(3-29)38-22;1-8(12-7-4-10)2-5-11-6-3-9/h5-23,29-36H,1-4,24-28H2;8-10H,2-7H2,1H3/t5-,6+,7+,8-,9-,10-,11-,12+,13-,14-,15-,16-,17-,18-,19-,20-,21-,22-,23+;/m1./s1. The summed E-state index contributed by atoms with van der Waals surface area (Å²) in [6.45, 7) is 1.91. The van der Waals surface area contributed by atoms with E-state index in [1.807, 2.05) is 6.92 Å². The van der Waals surface area contributed by atoms with Crippen molar-refractivity contribution < 1.29 is 89.0 Å². The quantitative estimate of drug-likeness (QED) is 0.0608. The van der Waals surface area contributed by atoms with Crippen molar-refractivity contribution in [3.8, 4) is 0 Å². The minimum Gasteiger partial charge on any atom is -0.394 e. The number of rotatable bonds is 17. The van der Waals surface area contributed by atoms with Gasteiger partial charge in [0.1, 0.15) is 67.1 Å². The molecule has 0 bridgehead atoms. The first-order valence-electron chi connectivity index (χ1n) is 18.0. The number of ether oxygens (including phenoxy) is 8. The molecule has 23 heteroatoms. The number of hydrogen-bond acceptors (Lipinski definition) is 23. The summed E-state index contributed by atoms with van der Waals surface area (Å²) in [7, 11) is 0. The minimum atomic E-state index is -1.62. The van der Waals surface area contributed by atoms with Crippen molar-refractivity contribution in [1.29, 1.82) is 0 Å². The average molecular weight is 794 g/mol. The van der Waals surface area contributed by atoms with Gasteiger partial charge in [-0.05, 0) is 19.8 Å². The lowest BCUT2D eigenvalue weighted by Crippen LogP contribution is -2.68. The van der Waals surface area contributed by atoms with Crippen LogP contribution in [0.4, 0.5) is 0 Å². The average Bonchev–Trinajstić information content (AvgIpc) is 3.45. The Morgan fingerprint density at radius 1 is 0.574 bits per heavy atom. The van der Waals surface area contributed by atoms with Gasteiger partial charge in [0.15, 0.2) is 18.9 Å². The topological polar surface area (TPSA) is 406 Å². The molecule has 3 aliphatic heterocycles. The number of aliphatic hydroxyl groups is 10. The Balaban J connectivity index is 0.000000562. The second kappa shape index (κ2) is 22.9. The lowest BCUT2D eigenvalue weighted by molar-refractivity contribution is -0.310. The molecule has 54 heavy (non-hydrogen) atoms. The molecule has 23 nitrogen and oxygen atoms in total. The maximum Gasteiger partial charge on any atom is 0.187 e. The SMILES string of the molecule is CC(CCOCCO)OCCO.NC[C@@H]1O[C@H](O[C@H]2[C@@H](O)[C@H](O[C@@H]3[C@@H](O)[C@H](N)C[C@H](N)[C@H]3O[C@H]3O[C@H](CO)[C@@H](O)[C@H](O)[C@H]3N)O[C@@H]2CO)[C@H](N)[C@@H](O)[C@@H]1O. The summed E-state index contributed by atoms with van der Waals surface area (Å²) in [4.78, 5) is 0. The zero-order valence-electron chi connectivity index (χ0n) is 30.2. The molecule has 0 aromatic rings. The molecule has 0 aromatic heterocycles. The molecular weight excluding hydrogens is 730 g/mol. The predicted octanol–water partition coefficient (Wildman–Crippen LogP) is -9.08. The van der Waals surface area contributed by atoms with Crippen LogP contribution in [0.3, 0.4) is 0 Å². The molecule has 4 rings (SSSR count). The van der Waals surface area contributed by atoms with Gasteiger partial charge in [-0.3, -0.25) is 0 Å². The Kier molecular flexibility index (Phi) is 20.1. The first kappa shape index (κ1) is 47.5. The van der Waals surface area contributed by atoms with Gasteiger partial charge < -0.3 is 118 Å². The van der Waals surface area contributed by atoms with Crippen molar-refractivity contribution in [1.82, 2.24) is 0 Å². The zero-order chi connectivity index (χ0) is 40.3. The Bertz CT molecular complexity index is 1050. The van der Waals surface area contributed by atoms with Gasteiger partial charge in [0.05, 0.1) is 63.9 Å². The lowest BCUT2D eigenvalue weighted by Gasteiger charge is -2.47. The predicted molar refractivity (Wildman–Crippen MR) is 181 cm³/mol. The van der Waals surface area contributed by atoms with E-state index in [4.69, 9.17) is 76.8 Å². The molecule has 0 radical (unpaired) electrons. The van der Waals surface area contributed by atoms with Gasteiger partial charge >= 0.3 is 0 Å². The van der Waals surface area contributed by atoms with Crippen LogP contribution in [0.25, 0.3) is 0 Å². The molecule has 4 aliphatic rings. The third kappa shape index (κ3) is 12.1. The van der Waals surface area contributed by atoms with Crippen LogP contribution >= 0.6 is 0 Å². The van der Waals surface area contributed by atoms with Crippen molar-refractivity contribution >= 4 is 0 Å². The number of aliphatic hydroxyl groups excluding tert-OH is 10. The maximum absolute atomic E-state index is 11.1. The monoisotopic (exact) mass is 793 g/mol. The van der Waals surface area contributed by atoms with Gasteiger partial charge in [-0.1, -0.05) is 0 Å². The van der Waals surface area contributed by atoms with E-state index in [2.05, 4.69) is 0 Å². The molecule has 0 spiro atoms. The fourth-order valence-corrected chi connectivity index (χ4v) is 6.45. The third-order valence-electron chi connectivity index (χ3n) is 9.72. The van der Waals surface area contributed by atoms with Crippen LogP contribution in [0, 0.1) is 0 Å². The Labute approximate surface area is 312 Å². The van der Waals surface area contributed by atoms with E-state index in [1.165, 1.54) is 0 Å². The molecule has 20 N–H and O–H groups in total. The first-order valence-corrected chi connectivity index (χ1v) is 18.0. The summed E-state index contributed by atoms with van der Waals surface area (Å²) in [5, 5.41) is 99.1. The highest BCUT2D eigenvalue weighted by molar-refractivity contribution is 5.02. The van der Waals surface area contributed by atoms with Crippen molar-refractivity contribution in [2.75, 3.05) is 52.8 Å². The molecule has 320 valence electrons. The Morgan fingerprint density at radius 2 is 1.09 bits per heavy atom. The second-order valence-corrected chi connectivity index (χ2v) is 13.7. The summed E-state index contributed by atoms with van der Waals surface area (Å²) >= 11 is 0. The highest BCUT2D eigenvalue weighted by atomic mass is 16.8. The molecule has 1 unspecified atom stereocenters. The molecule has 0 amide bonds. The van der Waals surface area contributed by atoms with Crippen molar-refractivity contribution in [2.45, 2.75) is 142 Å². The second-order valence-electron chi connectivity index (χ2n) is 13.7. The smallest absolute Gasteiger partial charge is 0.187 e. The largest absolute Gasteiger partial charge is 0.394 e. The Hall–Kier alpha value is -0.920. The van der Waals surface area contributed by atoms with Crippen LogP contribution < -0.4 is 28.7 Å². The van der Waals surface area contributed by atoms with Gasteiger partial charge in [0, 0.05) is 25.2 Å².